The Morgan fingerprint density at radius 3 is 2.56 bits per heavy atom. The molecule has 0 amide bonds. The van der Waals surface area contributed by atoms with Gasteiger partial charge in [0.15, 0.2) is 5.78 Å². The monoisotopic (exact) mass is 136 g/mol. The number of hydrogen-bond acceptors (Lipinski definition) is 3. The molecular formula is C4H6F2N2O. The van der Waals surface area contributed by atoms with Gasteiger partial charge in [-0.15, -0.1) is 0 Å². The van der Waals surface area contributed by atoms with Crippen molar-refractivity contribution in [2.24, 2.45) is 0 Å². The average Bonchev–Trinajstić information content (AvgIpc) is 2.14. The first kappa shape index (κ1) is 6.57. The lowest BCUT2D eigenvalue weighted by atomic mass is 10.4. The first-order valence-electron chi connectivity index (χ1n) is 2.50. The number of halogens is 2. The summed E-state index contributed by atoms with van der Waals surface area (Å²) in [6.45, 7) is -2.72. The highest BCUT2D eigenvalue weighted by molar-refractivity contribution is 5.83. The zero-order valence-corrected chi connectivity index (χ0v) is 4.60. The second-order valence-electron chi connectivity index (χ2n) is 1.78. The Kier molecular flexibility index (Phi) is 1.73. The van der Waals surface area contributed by atoms with Crippen molar-refractivity contribution in [2.45, 2.75) is 6.55 Å². The molecule has 1 heterocycles. The van der Waals surface area contributed by atoms with Crippen molar-refractivity contribution in [1.29, 1.82) is 0 Å². The summed E-state index contributed by atoms with van der Waals surface area (Å²) in [7, 11) is 0. The molecule has 0 aliphatic carbocycles. The summed E-state index contributed by atoms with van der Waals surface area (Å²) >= 11 is 0. The van der Waals surface area contributed by atoms with E-state index >= 15 is 0 Å². The van der Waals surface area contributed by atoms with E-state index in [1.54, 1.807) is 0 Å². The molecule has 1 rings (SSSR count). The first-order chi connectivity index (χ1) is 4.20. The van der Waals surface area contributed by atoms with Crippen molar-refractivity contribution in [3.8, 4) is 0 Å². The van der Waals surface area contributed by atoms with E-state index in [1.807, 2.05) is 0 Å². The summed E-state index contributed by atoms with van der Waals surface area (Å²) in [5.74, 6) is -0.199. The van der Waals surface area contributed by atoms with Crippen LogP contribution in [0.5, 0.6) is 0 Å². The molecule has 1 aliphatic rings. The molecule has 0 atom stereocenters. The molecule has 3 nitrogen and oxygen atoms in total. The molecule has 0 saturated carbocycles. The number of carbonyl (C=O) groups excluding carboxylic acids is 1. The van der Waals surface area contributed by atoms with Gasteiger partial charge in [0.25, 0.3) is 0 Å². The second kappa shape index (κ2) is 2.36. The quantitative estimate of drug-likeness (QED) is 0.498. The predicted molar refractivity (Wildman–Crippen MR) is 25.7 cm³/mol. The Hall–Kier alpha value is -0.550. The molecule has 0 radical (unpaired) electrons. The highest BCUT2D eigenvalue weighted by Gasteiger charge is 2.24. The van der Waals surface area contributed by atoms with Crippen LogP contribution in [0.1, 0.15) is 0 Å². The number of nitrogens with zero attached hydrogens (tertiary/aromatic N) is 1. The molecule has 0 spiro atoms. The molecular weight excluding hydrogens is 130 g/mol. The third-order valence-electron chi connectivity index (χ3n) is 1.06. The lowest BCUT2D eigenvalue weighted by Crippen LogP contribution is -2.35. The SMILES string of the molecule is O=C1CNN(C(F)F)C1. The summed E-state index contributed by atoms with van der Waals surface area (Å²) in [4.78, 5) is 10.3. The normalized spacial score (nSPS) is 21.9. The van der Waals surface area contributed by atoms with Gasteiger partial charge in [0.1, 0.15) is 0 Å². The Morgan fingerprint density at radius 2 is 2.33 bits per heavy atom. The number of ketones is 1. The number of rotatable bonds is 1. The van der Waals surface area contributed by atoms with Gasteiger partial charge in [-0.05, 0) is 0 Å². The number of alkyl halides is 2. The Bertz CT molecular complexity index is 128. The molecule has 1 aliphatic heterocycles. The molecule has 1 fully saturated rings. The minimum Gasteiger partial charge on any atom is -0.297 e. The van der Waals surface area contributed by atoms with E-state index < -0.39 is 6.55 Å². The summed E-state index contributed by atoms with van der Waals surface area (Å²) in [6, 6.07) is 0. The maximum atomic E-state index is 11.6. The van der Waals surface area contributed by atoms with E-state index in [9.17, 15) is 13.6 Å². The van der Waals surface area contributed by atoms with Crippen molar-refractivity contribution in [1.82, 2.24) is 10.4 Å². The van der Waals surface area contributed by atoms with E-state index in [4.69, 9.17) is 0 Å². The number of hydrazine groups is 1. The standard InChI is InChI=1S/C4H6F2N2O/c5-4(6)8-2-3(9)1-7-8/h4,7H,1-2H2. The maximum absolute atomic E-state index is 11.6. The van der Waals surface area contributed by atoms with Crippen LogP contribution < -0.4 is 5.43 Å². The van der Waals surface area contributed by atoms with E-state index in [-0.39, 0.29) is 18.9 Å². The average molecular weight is 136 g/mol. The Morgan fingerprint density at radius 1 is 1.67 bits per heavy atom. The molecule has 0 aromatic heterocycles. The third-order valence-corrected chi connectivity index (χ3v) is 1.06. The smallest absolute Gasteiger partial charge is 0.297 e. The molecule has 52 valence electrons. The van der Waals surface area contributed by atoms with Crippen molar-refractivity contribution in [2.75, 3.05) is 13.1 Å². The Balaban J connectivity index is 2.39. The molecule has 9 heavy (non-hydrogen) atoms. The zero-order valence-electron chi connectivity index (χ0n) is 4.60. The molecule has 5 heteroatoms. The van der Waals surface area contributed by atoms with Crippen LogP contribution in [0, 0.1) is 0 Å². The van der Waals surface area contributed by atoms with Crippen LogP contribution in [0.2, 0.25) is 0 Å². The maximum Gasteiger partial charge on any atom is 0.307 e. The van der Waals surface area contributed by atoms with Gasteiger partial charge < -0.3 is 0 Å². The predicted octanol–water partition coefficient (Wildman–Crippen LogP) is -0.402. The van der Waals surface area contributed by atoms with Gasteiger partial charge in [-0.1, -0.05) is 0 Å². The number of hydrogen-bond donors (Lipinski definition) is 1. The van der Waals surface area contributed by atoms with Crippen LogP contribution in [0.3, 0.4) is 0 Å². The molecule has 0 aromatic rings. The van der Waals surface area contributed by atoms with Gasteiger partial charge >= 0.3 is 6.55 Å². The third kappa shape index (κ3) is 1.43. The molecule has 0 aromatic carbocycles. The van der Waals surface area contributed by atoms with Gasteiger partial charge in [0, 0.05) is 0 Å². The summed E-state index contributed by atoms with van der Waals surface area (Å²) in [6.07, 6.45) is 0. The van der Waals surface area contributed by atoms with Crippen LogP contribution in [-0.2, 0) is 4.79 Å². The number of nitrogens with one attached hydrogen (secondary N) is 1. The summed E-state index contributed by atoms with van der Waals surface area (Å²) < 4.78 is 23.2. The van der Waals surface area contributed by atoms with Crippen LogP contribution in [0.4, 0.5) is 8.78 Å². The number of carbonyl (C=O) groups is 1. The Labute approximate surface area is 50.6 Å². The molecule has 0 bridgehead atoms. The van der Waals surface area contributed by atoms with Crippen molar-refractivity contribution < 1.29 is 13.6 Å². The van der Waals surface area contributed by atoms with Crippen LogP contribution >= 0.6 is 0 Å². The lowest BCUT2D eigenvalue weighted by molar-refractivity contribution is -0.117. The largest absolute Gasteiger partial charge is 0.307 e. The van der Waals surface area contributed by atoms with E-state index in [1.165, 1.54) is 0 Å². The van der Waals surface area contributed by atoms with E-state index in [0.29, 0.717) is 5.01 Å². The fourth-order valence-electron chi connectivity index (χ4n) is 0.630. The minimum atomic E-state index is -2.57. The topological polar surface area (TPSA) is 32.3 Å². The van der Waals surface area contributed by atoms with Crippen molar-refractivity contribution >= 4 is 5.78 Å². The van der Waals surface area contributed by atoms with Crippen LogP contribution in [0.15, 0.2) is 0 Å². The van der Waals surface area contributed by atoms with Gasteiger partial charge in [-0.3, -0.25) is 4.79 Å². The van der Waals surface area contributed by atoms with Crippen molar-refractivity contribution in [3.63, 3.8) is 0 Å². The molecule has 1 N–H and O–H groups in total. The van der Waals surface area contributed by atoms with E-state index in [2.05, 4.69) is 5.43 Å². The highest BCUT2D eigenvalue weighted by atomic mass is 19.3. The van der Waals surface area contributed by atoms with Crippen LogP contribution in [0.25, 0.3) is 0 Å². The molecule has 1 saturated heterocycles. The number of Topliss-reactive ketones (excluding diaryl/α,β-unsaturated/α-hetero) is 1. The molecule has 0 unspecified atom stereocenters. The van der Waals surface area contributed by atoms with Crippen molar-refractivity contribution in [3.05, 3.63) is 0 Å². The zero-order chi connectivity index (χ0) is 6.85. The lowest BCUT2D eigenvalue weighted by Gasteiger charge is -2.10. The fraction of sp³-hybridized carbons (Fsp3) is 0.750. The second-order valence-corrected chi connectivity index (χ2v) is 1.78. The first-order valence-corrected chi connectivity index (χ1v) is 2.50. The van der Waals surface area contributed by atoms with Gasteiger partial charge in [-0.25, -0.2) is 5.43 Å². The van der Waals surface area contributed by atoms with Gasteiger partial charge in [-0.2, -0.15) is 13.8 Å². The van der Waals surface area contributed by atoms with Gasteiger partial charge in [0.2, 0.25) is 0 Å². The summed E-state index contributed by atoms with van der Waals surface area (Å²) in [5.41, 5.74) is 2.24. The van der Waals surface area contributed by atoms with Gasteiger partial charge in [0.05, 0.1) is 13.1 Å². The minimum absolute atomic E-state index is 0.0321. The highest BCUT2D eigenvalue weighted by Crippen LogP contribution is 2.02. The summed E-state index contributed by atoms with van der Waals surface area (Å²) in [5, 5.41) is 0.613. The van der Waals surface area contributed by atoms with Crippen LogP contribution in [-0.4, -0.2) is 30.4 Å². The fourth-order valence-corrected chi connectivity index (χ4v) is 0.630. The van der Waals surface area contributed by atoms with E-state index in [0.717, 1.165) is 0 Å².